The molecule has 1 aliphatic rings. The maximum atomic E-state index is 11.4. The molecule has 2 atom stereocenters. The van der Waals surface area contributed by atoms with Crippen molar-refractivity contribution in [1.82, 2.24) is 10.2 Å². The van der Waals surface area contributed by atoms with E-state index in [2.05, 4.69) is 5.32 Å². The van der Waals surface area contributed by atoms with Gasteiger partial charge >= 0.3 is 0 Å². The molecule has 0 radical (unpaired) electrons. The lowest BCUT2D eigenvalue weighted by atomic mass is 9.90. The zero-order chi connectivity index (χ0) is 12.8. The summed E-state index contributed by atoms with van der Waals surface area (Å²) in [7, 11) is 0. The number of rotatable bonds is 4. The van der Waals surface area contributed by atoms with E-state index in [-0.39, 0.29) is 24.5 Å². The second kappa shape index (κ2) is 6.59. The Morgan fingerprint density at radius 3 is 2.59 bits per heavy atom. The van der Waals surface area contributed by atoms with Crippen LogP contribution in [0.3, 0.4) is 0 Å². The predicted octanol–water partition coefficient (Wildman–Crippen LogP) is 0.132. The van der Waals surface area contributed by atoms with Crippen LogP contribution in [0.1, 0.15) is 33.1 Å². The van der Waals surface area contributed by atoms with Crippen LogP contribution in [0.2, 0.25) is 0 Å². The van der Waals surface area contributed by atoms with Crippen LogP contribution in [0.15, 0.2) is 0 Å². The van der Waals surface area contributed by atoms with Crippen molar-refractivity contribution in [1.29, 1.82) is 0 Å². The van der Waals surface area contributed by atoms with Crippen molar-refractivity contribution in [2.75, 3.05) is 19.7 Å². The van der Waals surface area contributed by atoms with Crippen LogP contribution in [0.4, 0.5) is 0 Å². The van der Waals surface area contributed by atoms with Crippen LogP contribution in [-0.4, -0.2) is 47.6 Å². The number of carbonyl (C=O) groups is 2. The van der Waals surface area contributed by atoms with Gasteiger partial charge < -0.3 is 15.3 Å². The summed E-state index contributed by atoms with van der Waals surface area (Å²) >= 11 is 0. The molecule has 0 bridgehead atoms. The fourth-order valence-corrected chi connectivity index (χ4v) is 2.44. The Balaban J connectivity index is 2.55. The molecular weight excluding hydrogens is 220 g/mol. The van der Waals surface area contributed by atoms with Gasteiger partial charge in [0, 0.05) is 39.6 Å². The molecule has 0 spiro atoms. The number of piperidine rings is 1. The number of hydrogen-bond donors (Lipinski definition) is 2. The fourth-order valence-electron chi connectivity index (χ4n) is 2.44. The van der Waals surface area contributed by atoms with E-state index in [0.717, 1.165) is 25.8 Å². The lowest BCUT2D eigenvalue weighted by Gasteiger charge is -2.37. The number of nitrogens with zero attached hydrogens (tertiary/aromatic N) is 1. The first-order chi connectivity index (χ1) is 8.02. The van der Waals surface area contributed by atoms with E-state index in [4.69, 9.17) is 5.11 Å². The van der Waals surface area contributed by atoms with Gasteiger partial charge in [-0.25, -0.2) is 0 Å². The highest BCUT2D eigenvalue weighted by molar-refractivity contribution is 5.74. The molecule has 5 heteroatoms. The smallest absolute Gasteiger partial charge is 0.219 e. The maximum absolute atomic E-state index is 11.4. The lowest BCUT2D eigenvalue weighted by molar-refractivity contribution is -0.132. The highest BCUT2D eigenvalue weighted by Gasteiger charge is 2.28. The molecule has 0 aromatic heterocycles. The van der Waals surface area contributed by atoms with Crippen LogP contribution in [0.25, 0.3) is 0 Å². The number of hydrogen-bond acceptors (Lipinski definition) is 3. The summed E-state index contributed by atoms with van der Waals surface area (Å²) in [4.78, 5) is 24.3. The van der Waals surface area contributed by atoms with E-state index >= 15 is 0 Å². The largest absolute Gasteiger partial charge is 0.396 e. The molecule has 0 aromatic rings. The first-order valence-electron chi connectivity index (χ1n) is 6.16. The van der Waals surface area contributed by atoms with Crippen LogP contribution >= 0.6 is 0 Å². The highest BCUT2D eigenvalue weighted by atomic mass is 16.3. The third-order valence-electron chi connectivity index (χ3n) is 3.16. The molecule has 2 N–H and O–H groups in total. The normalized spacial score (nSPS) is 24.5. The van der Waals surface area contributed by atoms with Gasteiger partial charge in [-0.1, -0.05) is 0 Å². The Labute approximate surface area is 102 Å². The second-order valence-corrected chi connectivity index (χ2v) is 4.79. The van der Waals surface area contributed by atoms with Gasteiger partial charge in [-0.05, 0) is 25.2 Å². The van der Waals surface area contributed by atoms with Gasteiger partial charge in [0.15, 0.2) is 0 Å². The third-order valence-corrected chi connectivity index (χ3v) is 3.16. The highest BCUT2D eigenvalue weighted by Crippen LogP contribution is 2.21. The maximum Gasteiger partial charge on any atom is 0.219 e. The first-order valence-corrected chi connectivity index (χ1v) is 6.16. The second-order valence-electron chi connectivity index (χ2n) is 4.79. The fraction of sp³-hybridized carbons (Fsp3) is 0.833. The summed E-state index contributed by atoms with van der Waals surface area (Å²) in [6.07, 6.45) is 2.54. The first kappa shape index (κ1) is 14.0. The molecule has 1 rings (SSSR count). The minimum Gasteiger partial charge on any atom is -0.396 e. The van der Waals surface area contributed by atoms with Crippen molar-refractivity contribution in [3.8, 4) is 0 Å². The van der Waals surface area contributed by atoms with Crippen LogP contribution in [0.5, 0.6) is 0 Å². The van der Waals surface area contributed by atoms with Gasteiger partial charge in [0.2, 0.25) is 11.8 Å². The van der Waals surface area contributed by atoms with E-state index < -0.39 is 0 Å². The number of aliphatic hydroxyl groups is 1. The monoisotopic (exact) mass is 242 g/mol. The van der Waals surface area contributed by atoms with Gasteiger partial charge in [-0.2, -0.15) is 0 Å². The number of nitrogens with one attached hydrogen (secondary N) is 1. The zero-order valence-corrected chi connectivity index (χ0v) is 10.6. The van der Waals surface area contributed by atoms with Crippen molar-refractivity contribution in [2.24, 2.45) is 5.92 Å². The Morgan fingerprint density at radius 1 is 1.35 bits per heavy atom. The number of carbonyl (C=O) groups excluding carboxylic acids is 2. The topological polar surface area (TPSA) is 69.6 Å². The molecule has 2 amide bonds. The Kier molecular flexibility index (Phi) is 5.41. The Morgan fingerprint density at radius 2 is 2.06 bits per heavy atom. The molecule has 2 unspecified atom stereocenters. The van der Waals surface area contributed by atoms with E-state index in [1.807, 2.05) is 0 Å². The summed E-state index contributed by atoms with van der Waals surface area (Å²) in [5.41, 5.74) is 0. The average Bonchev–Trinajstić information content (AvgIpc) is 2.25. The molecule has 5 nitrogen and oxygen atoms in total. The van der Waals surface area contributed by atoms with Gasteiger partial charge in [0.25, 0.3) is 0 Å². The van der Waals surface area contributed by atoms with Gasteiger partial charge in [-0.3, -0.25) is 9.59 Å². The average molecular weight is 242 g/mol. The van der Waals surface area contributed by atoms with Crippen molar-refractivity contribution >= 4 is 11.8 Å². The number of amides is 2. The predicted molar refractivity (Wildman–Crippen MR) is 64.3 cm³/mol. The molecule has 17 heavy (non-hydrogen) atoms. The zero-order valence-electron chi connectivity index (χ0n) is 10.6. The van der Waals surface area contributed by atoms with E-state index in [9.17, 15) is 9.59 Å². The Hall–Kier alpha value is -1.10. The van der Waals surface area contributed by atoms with Crippen molar-refractivity contribution in [3.63, 3.8) is 0 Å². The van der Waals surface area contributed by atoms with Crippen molar-refractivity contribution < 1.29 is 14.7 Å². The van der Waals surface area contributed by atoms with E-state index in [1.165, 1.54) is 6.92 Å². The molecule has 1 aliphatic heterocycles. The summed E-state index contributed by atoms with van der Waals surface area (Å²) < 4.78 is 0. The van der Waals surface area contributed by atoms with Crippen LogP contribution in [-0.2, 0) is 9.59 Å². The lowest BCUT2D eigenvalue weighted by Crippen LogP contribution is -2.51. The van der Waals surface area contributed by atoms with Crippen molar-refractivity contribution in [2.45, 2.75) is 39.2 Å². The minimum absolute atomic E-state index is 0.0499. The summed E-state index contributed by atoms with van der Waals surface area (Å²) in [5.74, 6) is 0.368. The van der Waals surface area contributed by atoms with E-state index in [0.29, 0.717) is 12.5 Å². The standard InChI is InChI=1S/C12H22N2O3/c1-9(16)13-12-6-11(4-3-5-15)7-14(8-12)10(2)17/h11-12,15H,3-8H2,1-2H3,(H,13,16). The van der Waals surface area contributed by atoms with Gasteiger partial charge in [0.05, 0.1) is 0 Å². The van der Waals surface area contributed by atoms with Crippen LogP contribution < -0.4 is 5.32 Å². The molecule has 1 fully saturated rings. The van der Waals surface area contributed by atoms with Gasteiger partial charge in [0.1, 0.15) is 0 Å². The molecule has 0 aromatic carbocycles. The van der Waals surface area contributed by atoms with Gasteiger partial charge in [-0.15, -0.1) is 0 Å². The number of likely N-dealkylation sites (tertiary alicyclic amines) is 1. The summed E-state index contributed by atoms with van der Waals surface area (Å²) in [6.45, 7) is 4.58. The number of aliphatic hydroxyl groups excluding tert-OH is 1. The molecule has 1 heterocycles. The summed E-state index contributed by atoms with van der Waals surface area (Å²) in [5, 5.41) is 11.7. The molecule has 1 saturated heterocycles. The van der Waals surface area contributed by atoms with Crippen molar-refractivity contribution in [3.05, 3.63) is 0 Å². The molecular formula is C12H22N2O3. The SMILES string of the molecule is CC(=O)NC1CC(CCCO)CN(C(C)=O)C1. The quantitative estimate of drug-likeness (QED) is 0.736. The third kappa shape index (κ3) is 4.73. The summed E-state index contributed by atoms with van der Waals surface area (Å²) in [6, 6.07) is 0.0499. The van der Waals surface area contributed by atoms with E-state index in [1.54, 1.807) is 11.8 Å². The Bertz CT molecular complexity index is 281. The van der Waals surface area contributed by atoms with Crippen LogP contribution in [0, 0.1) is 5.92 Å². The molecule has 0 aliphatic carbocycles. The molecule has 0 saturated carbocycles. The minimum atomic E-state index is -0.0543. The molecule has 98 valence electrons.